The maximum atomic E-state index is 12.9. The molecule has 0 unspecified atom stereocenters. The van der Waals surface area contributed by atoms with Crippen LogP contribution in [0.15, 0.2) is 53.5 Å². The second-order valence-corrected chi connectivity index (χ2v) is 7.74. The van der Waals surface area contributed by atoms with Gasteiger partial charge in [-0.3, -0.25) is 4.79 Å². The lowest BCUT2D eigenvalue weighted by Gasteiger charge is -2.27. The van der Waals surface area contributed by atoms with Crippen LogP contribution in [-0.2, 0) is 17.8 Å². The molecule has 1 saturated heterocycles. The maximum absolute atomic E-state index is 12.9. The quantitative estimate of drug-likeness (QED) is 0.440. The van der Waals surface area contributed by atoms with Gasteiger partial charge in [-0.05, 0) is 30.7 Å². The van der Waals surface area contributed by atoms with Gasteiger partial charge in [0, 0.05) is 30.5 Å². The van der Waals surface area contributed by atoms with E-state index in [9.17, 15) is 14.7 Å². The number of fused-ring (bicyclic) bond motifs is 1. The van der Waals surface area contributed by atoms with Crippen molar-refractivity contribution in [2.75, 3.05) is 6.61 Å². The Hall–Kier alpha value is -3.76. The Morgan fingerprint density at radius 3 is 2.76 bits per heavy atom. The molecule has 0 bridgehead atoms. The molecule has 168 valence electrons. The molecule has 1 N–H and O–H groups in total. The highest BCUT2D eigenvalue weighted by Gasteiger charge is 2.23. The number of pyridine rings is 3. The lowest BCUT2D eigenvalue weighted by molar-refractivity contribution is -0.0591. The van der Waals surface area contributed by atoms with Crippen LogP contribution in [0.5, 0.6) is 5.88 Å². The molecule has 11 heteroatoms. The number of imidazole rings is 1. The van der Waals surface area contributed by atoms with Crippen LogP contribution in [0.25, 0.3) is 22.4 Å². The fraction of sp³-hybridized carbons (Fsp3) is 0.227. The van der Waals surface area contributed by atoms with Gasteiger partial charge >= 0.3 is 5.97 Å². The summed E-state index contributed by atoms with van der Waals surface area (Å²) in [6.45, 7) is 1.35. The van der Waals surface area contributed by atoms with E-state index in [0.717, 1.165) is 6.42 Å². The summed E-state index contributed by atoms with van der Waals surface area (Å²) >= 11 is 5.37. The summed E-state index contributed by atoms with van der Waals surface area (Å²) in [5, 5.41) is 9.32. The predicted molar refractivity (Wildman–Crippen MR) is 118 cm³/mol. The SMILES string of the molecule is O=C(O)c1ccc2nc(Cn3ccc(-c4cccc(OCl)n4)cc3=O)n(C[C@@H]3CCO3)c2n1. The molecule has 33 heavy (non-hydrogen) atoms. The molecule has 1 atom stereocenters. The van der Waals surface area contributed by atoms with Crippen molar-refractivity contribution in [3.8, 4) is 17.1 Å². The van der Waals surface area contributed by atoms with E-state index < -0.39 is 5.97 Å². The van der Waals surface area contributed by atoms with Crippen molar-refractivity contribution < 1.29 is 18.9 Å². The number of hydrogen-bond donors (Lipinski definition) is 1. The molecule has 0 saturated carbocycles. The smallest absolute Gasteiger partial charge is 0.354 e. The van der Waals surface area contributed by atoms with Gasteiger partial charge in [0.1, 0.15) is 23.2 Å². The van der Waals surface area contributed by atoms with Crippen molar-refractivity contribution in [3.63, 3.8) is 0 Å². The van der Waals surface area contributed by atoms with Crippen molar-refractivity contribution in [1.82, 2.24) is 24.1 Å². The van der Waals surface area contributed by atoms with E-state index in [1.54, 1.807) is 36.5 Å². The second-order valence-electron chi connectivity index (χ2n) is 7.58. The Labute approximate surface area is 192 Å². The van der Waals surface area contributed by atoms with E-state index in [1.807, 2.05) is 4.57 Å². The van der Waals surface area contributed by atoms with E-state index in [0.29, 0.717) is 41.4 Å². The van der Waals surface area contributed by atoms with Crippen LogP contribution in [0.3, 0.4) is 0 Å². The van der Waals surface area contributed by atoms with Crippen LogP contribution in [0.4, 0.5) is 0 Å². The van der Waals surface area contributed by atoms with E-state index in [2.05, 4.69) is 19.2 Å². The molecule has 0 radical (unpaired) electrons. The molecule has 5 rings (SSSR count). The van der Waals surface area contributed by atoms with Crippen LogP contribution in [0.2, 0.25) is 0 Å². The summed E-state index contributed by atoms with van der Waals surface area (Å²) in [6, 6.07) is 11.4. The molecule has 5 heterocycles. The number of aromatic carboxylic acids is 1. The number of aromatic nitrogens is 5. The second kappa shape index (κ2) is 8.64. The summed E-state index contributed by atoms with van der Waals surface area (Å²) in [4.78, 5) is 37.4. The minimum Gasteiger partial charge on any atom is -0.477 e. The minimum atomic E-state index is -1.12. The van der Waals surface area contributed by atoms with Crippen LogP contribution in [0.1, 0.15) is 22.7 Å². The summed E-state index contributed by atoms with van der Waals surface area (Å²) in [6.07, 6.45) is 2.55. The summed E-state index contributed by atoms with van der Waals surface area (Å²) in [5.41, 5.74) is 1.87. The van der Waals surface area contributed by atoms with Crippen molar-refractivity contribution in [1.29, 1.82) is 0 Å². The fourth-order valence-corrected chi connectivity index (χ4v) is 3.77. The number of hydrogen-bond acceptors (Lipinski definition) is 7. The molecular formula is C22H18ClN5O5. The van der Waals surface area contributed by atoms with Crippen molar-refractivity contribution >= 4 is 29.0 Å². The van der Waals surface area contributed by atoms with E-state index in [-0.39, 0.29) is 29.8 Å². The number of carboxylic acid groups (broad SMARTS) is 1. The predicted octanol–water partition coefficient (Wildman–Crippen LogP) is 2.72. The molecule has 4 aromatic rings. The first kappa shape index (κ1) is 21.1. The fourth-order valence-electron chi connectivity index (χ4n) is 3.68. The molecule has 0 spiro atoms. The van der Waals surface area contributed by atoms with Gasteiger partial charge in [0.2, 0.25) is 5.88 Å². The molecule has 1 fully saturated rings. The Morgan fingerprint density at radius 1 is 1.21 bits per heavy atom. The van der Waals surface area contributed by atoms with Gasteiger partial charge in [0.05, 0.1) is 24.9 Å². The number of rotatable bonds is 7. The van der Waals surface area contributed by atoms with Crippen molar-refractivity contribution in [2.24, 2.45) is 0 Å². The van der Waals surface area contributed by atoms with Gasteiger partial charge < -0.3 is 23.3 Å². The zero-order valence-electron chi connectivity index (χ0n) is 17.2. The summed E-state index contributed by atoms with van der Waals surface area (Å²) < 4.78 is 13.5. The van der Waals surface area contributed by atoms with E-state index in [4.69, 9.17) is 16.6 Å². The van der Waals surface area contributed by atoms with Crippen LogP contribution in [-0.4, -0.2) is 47.9 Å². The molecule has 1 aliphatic rings. The first-order valence-corrected chi connectivity index (χ1v) is 10.5. The van der Waals surface area contributed by atoms with Crippen molar-refractivity contribution in [2.45, 2.75) is 25.6 Å². The van der Waals surface area contributed by atoms with Gasteiger partial charge in [-0.15, -0.1) is 0 Å². The lowest BCUT2D eigenvalue weighted by atomic mass is 10.2. The molecule has 1 aliphatic heterocycles. The van der Waals surface area contributed by atoms with Gasteiger partial charge in [0.15, 0.2) is 11.3 Å². The Bertz CT molecular complexity index is 1410. The molecule has 10 nitrogen and oxygen atoms in total. The van der Waals surface area contributed by atoms with Gasteiger partial charge in [-0.2, -0.15) is 0 Å². The molecule has 0 amide bonds. The Balaban J connectivity index is 1.51. The molecule has 0 aliphatic carbocycles. The summed E-state index contributed by atoms with van der Waals surface area (Å²) in [7, 11) is 0. The molecule has 0 aromatic carbocycles. The van der Waals surface area contributed by atoms with Crippen molar-refractivity contribution in [3.05, 3.63) is 70.5 Å². The van der Waals surface area contributed by atoms with E-state index >= 15 is 0 Å². The highest BCUT2D eigenvalue weighted by atomic mass is 35.5. The largest absolute Gasteiger partial charge is 0.477 e. The number of carbonyl (C=O) groups is 1. The van der Waals surface area contributed by atoms with Crippen LogP contribution < -0.4 is 9.85 Å². The van der Waals surface area contributed by atoms with Gasteiger partial charge in [0.25, 0.3) is 5.56 Å². The topological polar surface area (TPSA) is 121 Å². The first-order chi connectivity index (χ1) is 16.0. The maximum Gasteiger partial charge on any atom is 0.354 e. The monoisotopic (exact) mass is 467 g/mol. The number of halogens is 1. The number of ether oxygens (including phenoxy) is 1. The average molecular weight is 468 g/mol. The van der Waals surface area contributed by atoms with Crippen LogP contribution >= 0.6 is 11.9 Å². The highest BCUT2D eigenvalue weighted by molar-refractivity contribution is 6.08. The highest BCUT2D eigenvalue weighted by Crippen LogP contribution is 2.22. The molecule has 4 aromatic heterocycles. The Kier molecular flexibility index (Phi) is 5.53. The van der Waals surface area contributed by atoms with Crippen LogP contribution in [0, 0.1) is 0 Å². The Morgan fingerprint density at radius 2 is 2.06 bits per heavy atom. The number of nitrogens with zero attached hydrogens (tertiary/aromatic N) is 5. The normalized spacial score (nSPS) is 15.4. The zero-order valence-corrected chi connectivity index (χ0v) is 18.0. The first-order valence-electron chi connectivity index (χ1n) is 10.2. The minimum absolute atomic E-state index is 0.00182. The van der Waals surface area contributed by atoms with Gasteiger partial charge in [-0.1, -0.05) is 6.07 Å². The van der Waals surface area contributed by atoms with E-state index in [1.165, 1.54) is 16.7 Å². The number of carboxylic acids is 1. The standard InChI is InChI=1S/C22H18ClN5O5/c23-33-19-3-1-2-15(25-19)13-6-8-27(20(29)10-13)12-18-24-16-4-5-17(22(30)31)26-21(16)28(18)11-14-7-9-32-14/h1-6,8,10,14H,7,9,11-12H2,(H,30,31)/t14-/m0/s1. The third-order valence-electron chi connectivity index (χ3n) is 5.48. The molecular weight excluding hydrogens is 450 g/mol. The zero-order chi connectivity index (χ0) is 22.9. The summed E-state index contributed by atoms with van der Waals surface area (Å²) in [5.74, 6) is -0.297. The lowest BCUT2D eigenvalue weighted by Crippen LogP contribution is -2.32. The van der Waals surface area contributed by atoms with Gasteiger partial charge in [-0.25, -0.2) is 19.7 Å². The third kappa shape index (κ3) is 4.18. The average Bonchev–Trinajstić information content (AvgIpc) is 3.13. The third-order valence-corrected chi connectivity index (χ3v) is 5.63.